The predicted molar refractivity (Wildman–Crippen MR) is 83.6 cm³/mol. The molecule has 4 heteroatoms. The molecule has 0 spiro atoms. The first kappa shape index (κ1) is 14.9. The van der Waals surface area contributed by atoms with Crippen molar-refractivity contribution in [3.8, 4) is 5.75 Å². The Morgan fingerprint density at radius 1 is 1.20 bits per heavy atom. The van der Waals surface area contributed by atoms with Gasteiger partial charge in [-0.3, -0.25) is 0 Å². The van der Waals surface area contributed by atoms with Gasteiger partial charge < -0.3 is 10.1 Å². The lowest BCUT2D eigenvalue weighted by molar-refractivity contribution is 0.243. The quantitative estimate of drug-likeness (QED) is 0.829. The Kier molecular flexibility index (Phi) is 5.01. The van der Waals surface area contributed by atoms with Crippen molar-refractivity contribution in [1.82, 2.24) is 0 Å². The molecule has 0 bridgehead atoms. The number of rotatable bonds is 5. The summed E-state index contributed by atoms with van der Waals surface area (Å²) in [7, 11) is 0. The Hall–Kier alpha value is -1.55. The Bertz CT molecular complexity index is 586. The molecule has 2 aromatic carbocycles. The normalized spacial score (nSPS) is 10.7. The molecule has 0 fully saturated rings. The monoisotopic (exact) mass is 337 g/mol. The number of anilines is 1. The van der Waals surface area contributed by atoms with Gasteiger partial charge in [0, 0.05) is 16.6 Å². The van der Waals surface area contributed by atoms with E-state index in [9.17, 15) is 4.39 Å². The van der Waals surface area contributed by atoms with Gasteiger partial charge in [0.25, 0.3) is 0 Å². The Morgan fingerprint density at radius 3 is 2.65 bits per heavy atom. The van der Waals surface area contributed by atoms with Gasteiger partial charge in [0.1, 0.15) is 11.6 Å². The maximum Gasteiger partial charge on any atom is 0.142 e. The van der Waals surface area contributed by atoms with Gasteiger partial charge in [-0.05, 0) is 38.1 Å². The van der Waals surface area contributed by atoms with E-state index in [2.05, 4.69) is 21.2 Å². The summed E-state index contributed by atoms with van der Waals surface area (Å²) in [4.78, 5) is 0. The van der Waals surface area contributed by atoms with Crippen LogP contribution in [-0.4, -0.2) is 6.10 Å². The fourth-order valence-electron chi connectivity index (χ4n) is 1.82. The van der Waals surface area contributed by atoms with E-state index in [0.29, 0.717) is 12.1 Å². The van der Waals surface area contributed by atoms with Crippen LogP contribution in [-0.2, 0) is 6.54 Å². The minimum absolute atomic E-state index is 0.0994. The molecule has 2 aromatic rings. The molecule has 0 aliphatic heterocycles. The molecule has 0 amide bonds. The number of benzene rings is 2. The first-order valence-electron chi connectivity index (χ1n) is 6.49. The van der Waals surface area contributed by atoms with Crippen molar-refractivity contribution < 1.29 is 9.13 Å². The first-order valence-corrected chi connectivity index (χ1v) is 7.29. The highest BCUT2D eigenvalue weighted by Crippen LogP contribution is 2.26. The van der Waals surface area contributed by atoms with Crippen molar-refractivity contribution in [2.24, 2.45) is 0 Å². The highest BCUT2D eigenvalue weighted by molar-refractivity contribution is 9.10. The fraction of sp³-hybridized carbons (Fsp3) is 0.250. The summed E-state index contributed by atoms with van der Waals surface area (Å²) in [5.41, 5.74) is 1.48. The summed E-state index contributed by atoms with van der Waals surface area (Å²) >= 11 is 3.25. The van der Waals surface area contributed by atoms with Crippen LogP contribution in [0.5, 0.6) is 5.75 Å². The maximum atomic E-state index is 13.8. The standard InChI is InChI=1S/C16H17BrFNO/c1-11(2)20-16-6-4-3-5-15(16)19-10-12-7-8-13(17)9-14(12)18/h3-9,11,19H,10H2,1-2H3. The predicted octanol–water partition coefficient (Wildman–Crippen LogP) is 4.99. The number of halogens is 2. The Balaban J connectivity index is 2.10. The third-order valence-electron chi connectivity index (χ3n) is 2.73. The minimum atomic E-state index is -0.228. The molecule has 0 aliphatic rings. The molecule has 20 heavy (non-hydrogen) atoms. The molecule has 0 aliphatic carbocycles. The minimum Gasteiger partial charge on any atom is -0.489 e. The average molecular weight is 338 g/mol. The molecule has 0 aromatic heterocycles. The van der Waals surface area contributed by atoms with Gasteiger partial charge in [-0.2, -0.15) is 0 Å². The van der Waals surface area contributed by atoms with Crippen LogP contribution in [0.3, 0.4) is 0 Å². The van der Waals surface area contributed by atoms with E-state index in [1.807, 2.05) is 44.2 Å². The molecule has 0 unspecified atom stereocenters. The zero-order chi connectivity index (χ0) is 14.5. The lowest BCUT2D eigenvalue weighted by Crippen LogP contribution is -2.09. The van der Waals surface area contributed by atoms with Gasteiger partial charge in [0.05, 0.1) is 11.8 Å². The van der Waals surface area contributed by atoms with Crippen molar-refractivity contribution in [2.45, 2.75) is 26.5 Å². The van der Waals surface area contributed by atoms with Crippen LogP contribution in [0.25, 0.3) is 0 Å². The first-order chi connectivity index (χ1) is 9.56. The van der Waals surface area contributed by atoms with E-state index in [1.165, 1.54) is 6.07 Å². The molecule has 2 rings (SSSR count). The number of ether oxygens (including phenoxy) is 1. The van der Waals surface area contributed by atoms with Gasteiger partial charge >= 0.3 is 0 Å². The van der Waals surface area contributed by atoms with Crippen molar-refractivity contribution in [2.75, 3.05) is 5.32 Å². The molecule has 0 saturated carbocycles. The van der Waals surface area contributed by atoms with E-state index in [0.717, 1.165) is 15.9 Å². The highest BCUT2D eigenvalue weighted by Gasteiger charge is 2.07. The van der Waals surface area contributed by atoms with Gasteiger partial charge in [-0.1, -0.05) is 34.1 Å². The zero-order valence-corrected chi connectivity index (χ0v) is 13.1. The van der Waals surface area contributed by atoms with Crippen molar-refractivity contribution in [3.05, 3.63) is 58.3 Å². The van der Waals surface area contributed by atoms with Crippen molar-refractivity contribution >= 4 is 21.6 Å². The second kappa shape index (κ2) is 6.75. The van der Waals surface area contributed by atoms with E-state index >= 15 is 0 Å². The van der Waals surface area contributed by atoms with Crippen LogP contribution in [0.2, 0.25) is 0 Å². The molecule has 0 heterocycles. The third kappa shape index (κ3) is 3.97. The third-order valence-corrected chi connectivity index (χ3v) is 3.23. The largest absolute Gasteiger partial charge is 0.489 e. The van der Waals surface area contributed by atoms with Crippen LogP contribution >= 0.6 is 15.9 Å². The number of hydrogen-bond donors (Lipinski definition) is 1. The molecule has 0 radical (unpaired) electrons. The molecule has 0 saturated heterocycles. The van der Waals surface area contributed by atoms with Gasteiger partial charge in [-0.25, -0.2) is 4.39 Å². The number of hydrogen-bond acceptors (Lipinski definition) is 2. The van der Waals surface area contributed by atoms with Crippen LogP contribution in [0.1, 0.15) is 19.4 Å². The summed E-state index contributed by atoms with van der Waals surface area (Å²) in [5, 5.41) is 3.21. The molecular weight excluding hydrogens is 321 g/mol. The van der Waals surface area contributed by atoms with E-state index < -0.39 is 0 Å². The summed E-state index contributed by atoms with van der Waals surface area (Å²) in [6.07, 6.45) is 0.0994. The average Bonchev–Trinajstić information content (AvgIpc) is 2.39. The maximum absolute atomic E-state index is 13.8. The van der Waals surface area contributed by atoms with E-state index in [-0.39, 0.29) is 11.9 Å². The number of nitrogens with one attached hydrogen (secondary N) is 1. The second-order valence-electron chi connectivity index (χ2n) is 4.75. The van der Waals surface area contributed by atoms with E-state index in [1.54, 1.807) is 6.07 Å². The van der Waals surface area contributed by atoms with E-state index in [4.69, 9.17) is 4.74 Å². The van der Waals surface area contributed by atoms with Crippen LogP contribution in [0.4, 0.5) is 10.1 Å². The molecule has 2 nitrogen and oxygen atoms in total. The molecule has 1 N–H and O–H groups in total. The van der Waals surface area contributed by atoms with Crippen LogP contribution in [0, 0.1) is 5.82 Å². The summed E-state index contributed by atoms with van der Waals surface area (Å²) < 4.78 is 20.2. The molecule has 106 valence electrons. The Morgan fingerprint density at radius 2 is 1.95 bits per heavy atom. The van der Waals surface area contributed by atoms with Crippen molar-refractivity contribution in [1.29, 1.82) is 0 Å². The fourth-order valence-corrected chi connectivity index (χ4v) is 2.16. The molecular formula is C16H17BrFNO. The Labute approximate surface area is 127 Å². The van der Waals surface area contributed by atoms with Crippen LogP contribution < -0.4 is 10.1 Å². The number of para-hydroxylation sites is 2. The summed E-state index contributed by atoms with van der Waals surface area (Å²) in [6, 6.07) is 12.7. The van der Waals surface area contributed by atoms with Gasteiger partial charge in [0.15, 0.2) is 0 Å². The smallest absolute Gasteiger partial charge is 0.142 e. The van der Waals surface area contributed by atoms with Gasteiger partial charge in [0.2, 0.25) is 0 Å². The zero-order valence-electron chi connectivity index (χ0n) is 11.5. The van der Waals surface area contributed by atoms with Crippen LogP contribution in [0.15, 0.2) is 46.9 Å². The molecule has 0 atom stereocenters. The highest BCUT2D eigenvalue weighted by atomic mass is 79.9. The van der Waals surface area contributed by atoms with Gasteiger partial charge in [-0.15, -0.1) is 0 Å². The lowest BCUT2D eigenvalue weighted by Gasteiger charge is -2.15. The second-order valence-corrected chi connectivity index (χ2v) is 5.67. The lowest BCUT2D eigenvalue weighted by atomic mass is 10.2. The SMILES string of the molecule is CC(C)Oc1ccccc1NCc1ccc(Br)cc1F. The summed E-state index contributed by atoms with van der Waals surface area (Å²) in [6.45, 7) is 4.37. The van der Waals surface area contributed by atoms with Crippen molar-refractivity contribution in [3.63, 3.8) is 0 Å². The summed E-state index contributed by atoms with van der Waals surface area (Å²) in [5.74, 6) is 0.550. The topological polar surface area (TPSA) is 21.3 Å².